The zero-order valence-electron chi connectivity index (χ0n) is 10.1. The molecule has 1 aliphatic rings. The van der Waals surface area contributed by atoms with E-state index in [1.165, 1.54) is 19.3 Å². The predicted octanol–water partition coefficient (Wildman–Crippen LogP) is 1.20. The maximum atomic E-state index is 5.81. The molecule has 0 aliphatic heterocycles. The first-order valence-electron chi connectivity index (χ1n) is 5.93. The number of hydrogen-bond donors (Lipinski definition) is 1. The Balaban J connectivity index is 2.02. The van der Waals surface area contributed by atoms with Crippen molar-refractivity contribution in [3.8, 4) is 0 Å². The van der Waals surface area contributed by atoms with Crippen molar-refractivity contribution in [3.63, 3.8) is 0 Å². The molecule has 1 aromatic heterocycles. The van der Waals surface area contributed by atoms with Crippen molar-refractivity contribution in [2.24, 2.45) is 11.1 Å². The van der Waals surface area contributed by atoms with Gasteiger partial charge >= 0.3 is 0 Å². The van der Waals surface area contributed by atoms with Gasteiger partial charge in [0, 0.05) is 20.0 Å². The second kappa shape index (κ2) is 4.41. The molecule has 1 heterocycles. The van der Waals surface area contributed by atoms with E-state index in [-0.39, 0.29) is 5.41 Å². The summed E-state index contributed by atoms with van der Waals surface area (Å²) in [6.07, 6.45) is 4.47. The summed E-state index contributed by atoms with van der Waals surface area (Å²) in [5, 5.41) is 3.96. The summed E-state index contributed by atoms with van der Waals surface area (Å²) in [6, 6.07) is 0. The Kier molecular flexibility index (Phi) is 3.14. The van der Waals surface area contributed by atoms with Crippen molar-refractivity contribution < 1.29 is 4.52 Å². The second-order valence-corrected chi connectivity index (χ2v) is 4.74. The Bertz CT molecular complexity index is 340. The molecule has 5 heteroatoms. The van der Waals surface area contributed by atoms with Gasteiger partial charge in [-0.05, 0) is 36.9 Å². The van der Waals surface area contributed by atoms with E-state index in [1.54, 1.807) is 0 Å². The quantitative estimate of drug-likeness (QED) is 0.813. The van der Waals surface area contributed by atoms with E-state index in [0.717, 1.165) is 18.9 Å². The maximum absolute atomic E-state index is 5.81. The summed E-state index contributed by atoms with van der Waals surface area (Å²) >= 11 is 0. The van der Waals surface area contributed by atoms with Crippen molar-refractivity contribution >= 4 is 5.95 Å². The number of anilines is 1. The van der Waals surface area contributed by atoms with Crippen LogP contribution >= 0.6 is 0 Å². The molecule has 0 radical (unpaired) electrons. The molecule has 2 rings (SSSR count). The van der Waals surface area contributed by atoms with Gasteiger partial charge in [0.25, 0.3) is 5.95 Å². The molecule has 1 aromatic rings. The third-order valence-electron chi connectivity index (χ3n) is 3.65. The number of hydrogen-bond acceptors (Lipinski definition) is 5. The monoisotopic (exact) mass is 224 g/mol. The maximum Gasteiger partial charge on any atom is 0.265 e. The first-order chi connectivity index (χ1) is 7.69. The highest BCUT2D eigenvalue weighted by Crippen LogP contribution is 2.42. The average molecular weight is 224 g/mol. The van der Waals surface area contributed by atoms with Crippen LogP contribution in [-0.4, -0.2) is 30.3 Å². The molecule has 0 amide bonds. The molecule has 2 N–H and O–H groups in total. The van der Waals surface area contributed by atoms with E-state index in [1.807, 2.05) is 11.9 Å². The number of nitrogens with two attached hydrogens (primary N) is 1. The number of aromatic nitrogens is 2. The van der Waals surface area contributed by atoms with E-state index in [0.29, 0.717) is 12.5 Å². The topological polar surface area (TPSA) is 68.2 Å². The fourth-order valence-corrected chi connectivity index (χ4v) is 2.06. The summed E-state index contributed by atoms with van der Waals surface area (Å²) < 4.78 is 5.26. The Morgan fingerprint density at radius 3 is 2.75 bits per heavy atom. The SMILES string of the molecule is CCN(C)c1noc(CC2(CN)CCC2)n1. The van der Waals surface area contributed by atoms with Crippen molar-refractivity contribution in [2.45, 2.75) is 32.6 Å². The predicted molar refractivity (Wildman–Crippen MR) is 62.3 cm³/mol. The summed E-state index contributed by atoms with van der Waals surface area (Å²) in [4.78, 5) is 6.35. The highest BCUT2D eigenvalue weighted by molar-refractivity contribution is 5.25. The lowest BCUT2D eigenvalue weighted by Crippen LogP contribution is -2.39. The summed E-state index contributed by atoms with van der Waals surface area (Å²) in [6.45, 7) is 3.65. The van der Waals surface area contributed by atoms with Crippen LogP contribution in [0.4, 0.5) is 5.95 Å². The van der Waals surface area contributed by atoms with Gasteiger partial charge in [0.15, 0.2) is 0 Å². The minimum Gasteiger partial charge on any atom is -0.342 e. The normalized spacial score (nSPS) is 18.2. The number of rotatable bonds is 5. The van der Waals surface area contributed by atoms with Gasteiger partial charge in [-0.25, -0.2) is 0 Å². The molecule has 1 fully saturated rings. The van der Waals surface area contributed by atoms with Crippen molar-refractivity contribution in [1.82, 2.24) is 10.1 Å². The van der Waals surface area contributed by atoms with Crippen LogP contribution in [0.15, 0.2) is 4.52 Å². The Morgan fingerprint density at radius 1 is 1.50 bits per heavy atom. The van der Waals surface area contributed by atoms with Gasteiger partial charge in [0.1, 0.15) is 0 Å². The summed E-state index contributed by atoms with van der Waals surface area (Å²) in [5.41, 5.74) is 6.04. The van der Waals surface area contributed by atoms with Gasteiger partial charge in [0.05, 0.1) is 0 Å². The molecule has 0 saturated heterocycles. The van der Waals surface area contributed by atoms with E-state index in [4.69, 9.17) is 10.3 Å². The van der Waals surface area contributed by atoms with Gasteiger partial charge in [-0.3, -0.25) is 0 Å². The molecule has 0 aromatic carbocycles. The molecule has 0 spiro atoms. The minimum absolute atomic E-state index is 0.231. The Labute approximate surface area is 96.0 Å². The zero-order chi connectivity index (χ0) is 11.6. The molecular weight excluding hydrogens is 204 g/mol. The smallest absolute Gasteiger partial charge is 0.265 e. The van der Waals surface area contributed by atoms with E-state index in [9.17, 15) is 0 Å². The third-order valence-corrected chi connectivity index (χ3v) is 3.65. The highest BCUT2D eigenvalue weighted by atomic mass is 16.5. The fourth-order valence-electron chi connectivity index (χ4n) is 2.06. The molecule has 1 aliphatic carbocycles. The third kappa shape index (κ3) is 2.04. The van der Waals surface area contributed by atoms with Crippen LogP contribution in [0, 0.1) is 5.41 Å². The van der Waals surface area contributed by atoms with E-state index in [2.05, 4.69) is 17.1 Å². The van der Waals surface area contributed by atoms with Gasteiger partial charge in [-0.2, -0.15) is 4.98 Å². The van der Waals surface area contributed by atoms with Crippen LogP contribution in [0.5, 0.6) is 0 Å². The van der Waals surface area contributed by atoms with Crippen molar-refractivity contribution in [1.29, 1.82) is 0 Å². The van der Waals surface area contributed by atoms with E-state index >= 15 is 0 Å². The zero-order valence-corrected chi connectivity index (χ0v) is 10.1. The van der Waals surface area contributed by atoms with Crippen molar-refractivity contribution in [2.75, 3.05) is 25.0 Å². The number of nitrogens with zero attached hydrogens (tertiary/aromatic N) is 3. The lowest BCUT2D eigenvalue weighted by atomic mass is 9.67. The lowest BCUT2D eigenvalue weighted by Gasteiger charge is -2.39. The summed E-state index contributed by atoms with van der Waals surface area (Å²) in [5.74, 6) is 1.39. The molecular formula is C11H20N4O. The first-order valence-corrected chi connectivity index (χ1v) is 5.93. The molecule has 16 heavy (non-hydrogen) atoms. The van der Waals surface area contributed by atoms with Gasteiger partial charge in [-0.15, -0.1) is 0 Å². The van der Waals surface area contributed by atoms with E-state index < -0.39 is 0 Å². The standard InChI is InChI=1S/C11H20N4O/c1-3-15(2)10-13-9(16-14-10)7-11(8-12)5-4-6-11/h3-8,12H2,1-2H3. The van der Waals surface area contributed by atoms with Gasteiger partial charge in [-0.1, -0.05) is 6.42 Å². The molecule has 0 bridgehead atoms. The van der Waals surface area contributed by atoms with Crippen LogP contribution in [0.2, 0.25) is 0 Å². The fraction of sp³-hybridized carbons (Fsp3) is 0.818. The molecule has 0 unspecified atom stereocenters. The van der Waals surface area contributed by atoms with Crippen molar-refractivity contribution in [3.05, 3.63) is 5.89 Å². The molecule has 5 nitrogen and oxygen atoms in total. The molecule has 1 saturated carbocycles. The Morgan fingerprint density at radius 2 is 2.25 bits per heavy atom. The minimum atomic E-state index is 0.231. The molecule has 0 atom stereocenters. The van der Waals surface area contributed by atoms with Gasteiger partial charge in [0.2, 0.25) is 5.89 Å². The summed E-state index contributed by atoms with van der Waals surface area (Å²) in [7, 11) is 1.96. The van der Waals surface area contributed by atoms with Crippen LogP contribution in [0.1, 0.15) is 32.1 Å². The highest BCUT2D eigenvalue weighted by Gasteiger charge is 2.37. The van der Waals surface area contributed by atoms with Crippen LogP contribution < -0.4 is 10.6 Å². The largest absolute Gasteiger partial charge is 0.342 e. The average Bonchev–Trinajstić information content (AvgIpc) is 2.70. The van der Waals surface area contributed by atoms with Gasteiger partial charge < -0.3 is 15.2 Å². The van der Waals surface area contributed by atoms with Crippen LogP contribution in [0.3, 0.4) is 0 Å². The Hall–Kier alpha value is -1.10. The lowest BCUT2D eigenvalue weighted by molar-refractivity contribution is 0.129. The molecule has 90 valence electrons. The van der Waals surface area contributed by atoms with Crippen LogP contribution in [0.25, 0.3) is 0 Å². The van der Waals surface area contributed by atoms with Crippen LogP contribution in [-0.2, 0) is 6.42 Å². The first kappa shape index (κ1) is 11.4. The second-order valence-electron chi connectivity index (χ2n) is 4.74.